The summed E-state index contributed by atoms with van der Waals surface area (Å²) in [6.07, 6.45) is 9.58. The van der Waals surface area contributed by atoms with Crippen molar-refractivity contribution in [3.8, 4) is 0 Å². The number of hydrogen-bond donors (Lipinski definition) is 1. The van der Waals surface area contributed by atoms with Crippen molar-refractivity contribution in [1.82, 2.24) is 4.90 Å². The van der Waals surface area contributed by atoms with E-state index in [0.29, 0.717) is 12.1 Å². The highest BCUT2D eigenvalue weighted by atomic mass is 16.5. The molecule has 3 aliphatic rings. The topological polar surface area (TPSA) is 38.5 Å². The third-order valence-corrected chi connectivity index (χ3v) is 5.08. The molecular weight excluding hydrogens is 224 g/mol. The molecule has 1 saturated carbocycles. The molecule has 0 aromatic heterocycles. The van der Waals surface area contributed by atoms with Crippen LogP contribution < -0.4 is 5.73 Å². The number of hydrogen-bond acceptors (Lipinski definition) is 3. The fourth-order valence-corrected chi connectivity index (χ4v) is 4.36. The number of nitrogens with zero attached hydrogens (tertiary/aromatic N) is 1. The fourth-order valence-electron chi connectivity index (χ4n) is 4.36. The van der Waals surface area contributed by atoms with Crippen LogP contribution in [0.4, 0.5) is 0 Å². The van der Waals surface area contributed by atoms with Crippen molar-refractivity contribution < 1.29 is 4.74 Å². The van der Waals surface area contributed by atoms with Gasteiger partial charge in [-0.05, 0) is 38.0 Å². The van der Waals surface area contributed by atoms with E-state index in [4.69, 9.17) is 10.5 Å². The quantitative estimate of drug-likeness (QED) is 0.818. The molecule has 3 atom stereocenters. The van der Waals surface area contributed by atoms with Gasteiger partial charge in [-0.1, -0.05) is 19.8 Å². The Morgan fingerprint density at radius 2 is 2.00 bits per heavy atom. The number of ether oxygens (including phenoxy) is 1. The van der Waals surface area contributed by atoms with Gasteiger partial charge in [-0.15, -0.1) is 0 Å². The van der Waals surface area contributed by atoms with Crippen molar-refractivity contribution in [2.75, 3.05) is 19.6 Å². The van der Waals surface area contributed by atoms with Gasteiger partial charge >= 0.3 is 0 Å². The molecule has 3 unspecified atom stereocenters. The Morgan fingerprint density at radius 3 is 2.72 bits per heavy atom. The second kappa shape index (κ2) is 5.10. The molecule has 2 saturated heterocycles. The standard InChI is InChI=1S/C15H28N2O/c1-12-8-13(16)10-17(9-12)11-14-4-7-15(18-14)5-2-3-6-15/h12-14H,2-11,16H2,1H3. The molecule has 0 amide bonds. The van der Waals surface area contributed by atoms with E-state index in [-0.39, 0.29) is 5.60 Å². The van der Waals surface area contributed by atoms with Crippen LogP contribution in [0.3, 0.4) is 0 Å². The van der Waals surface area contributed by atoms with Gasteiger partial charge in [-0.3, -0.25) is 4.90 Å². The van der Waals surface area contributed by atoms with E-state index < -0.39 is 0 Å². The summed E-state index contributed by atoms with van der Waals surface area (Å²) in [4.78, 5) is 2.54. The molecule has 3 rings (SSSR count). The fraction of sp³-hybridized carbons (Fsp3) is 1.00. The van der Waals surface area contributed by atoms with Crippen molar-refractivity contribution in [1.29, 1.82) is 0 Å². The lowest BCUT2D eigenvalue weighted by Gasteiger charge is -2.36. The smallest absolute Gasteiger partial charge is 0.0710 e. The first-order valence-corrected chi connectivity index (χ1v) is 7.81. The minimum atomic E-state index is 0.286. The van der Waals surface area contributed by atoms with Crippen molar-refractivity contribution in [3.05, 3.63) is 0 Å². The maximum atomic E-state index is 6.40. The van der Waals surface area contributed by atoms with Gasteiger partial charge in [-0.2, -0.15) is 0 Å². The van der Waals surface area contributed by atoms with E-state index in [9.17, 15) is 0 Å². The van der Waals surface area contributed by atoms with E-state index in [1.165, 1.54) is 51.5 Å². The van der Waals surface area contributed by atoms with E-state index >= 15 is 0 Å². The van der Waals surface area contributed by atoms with Crippen molar-refractivity contribution in [3.63, 3.8) is 0 Å². The van der Waals surface area contributed by atoms with E-state index in [2.05, 4.69) is 11.8 Å². The Kier molecular flexibility index (Phi) is 3.65. The van der Waals surface area contributed by atoms with Crippen LogP contribution >= 0.6 is 0 Å². The zero-order chi connectivity index (χ0) is 12.6. The molecular formula is C15H28N2O. The summed E-state index contributed by atoms with van der Waals surface area (Å²) in [6.45, 7) is 5.71. The van der Waals surface area contributed by atoms with Crippen LogP contribution in [0, 0.1) is 5.92 Å². The maximum Gasteiger partial charge on any atom is 0.0710 e. The van der Waals surface area contributed by atoms with Crippen LogP contribution in [0.2, 0.25) is 0 Å². The molecule has 0 aromatic carbocycles. The van der Waals surface area contributed by atoms with Gasteiger partial charge in [0.2, 0.25) is 0 Å². The first kappa shape index (κ1) is 12.9. The first-order valence-electron chi connectivity index (χ1n) is 7.81. The van der Waals surface area contributed by atoms with Gasteiger partial charge in [0, 0.05) is 25.7 Å². The highest BCUT2D eigenvalue weighted by molar-refractivity contribution is 4.94. The molecule has 2 N–H and O–H groups in total. The molecule has 1 spiro atoms. The van der Waals surface area contributed by atoms with Crippen LogP contribution in [0.1, 0.15) is 51.9 Å². The molecule has 3 nitrogen and oxygen atoms in total. The minimum absolute atomic E-state index is 0.286. The van der Waals surface area contributed by atoms with Gasteiger partial charge in [0.1, 0.15) is 0 Å². The minimum Gasteiger partial charge on any atom is -0.370 e. The van der Waals surface area contributed by atoms with Gasteiger partial charge < -0.3 is 10.5 Å². The van der Waals surface area contributed by atoms with Crippen LogP contribution in [0.5, 0.6) is 0 Å². The van der Waals surface area contributed by atoms with E-state index in [1.807, 2.05) is 0 Å². The summed E-state index contributed by atoms with van der Waals surface area (Å²) in [5, 5.41) is 0. The Balaban J connectivity index is 1.51. The summed E-state index contributed by atoms with van der Waals surface area (Å²) in [5.74, 6) is 0.746. The van der Waals surface area contributed by atoms with Crippen LogP contribution in [0.25, 0.3) is 0 Å². The predicted octanol–water partition coefficient (Wildman–Crippen LogP) is 2.15. The molecule has 0 radical (unpaired) electrons. The molecule has 18 heavy (non-hydrogen) atoms. The highest BCUT2D eigenvalue weighted by Crippen LogP contribution is 2.43. The third kappa shape index (κ3) is 2.73. The monoisotopic (exact) mass is 252 g/mol. The summed E-state index contributed by atoms with van der Waals surface area (Å²) in [5.41, 5.74) is 6.41. The number of piperidine rings is 1. The summed E-state index contributed by atoms with van der Waals surface area (Å²) in [7, 11) is 0. The SMILES string of the molecule is CC1CC(N)CN(CC2CCC3(CCCC3)O2)C1. The number of nitrogens with two attached hydrogens (primary N) is 1. The molecule has 104 valence electrons. The summed E-state index contributed by atoms with van der Waals surface area (Å²) in [6, 6.07) is 0.371. The summed E-state index contributed by atoms with van der Waals surface area (Å²) >= 11 is 0. The lowest BCUT2D eigenvalue weighted by atomic mass is 9.96. The molecule has 2 heterocycles. The van der Waals surface area contributed by atoms with Crippen molar-refractivity contribution in [2.24, 2.45) is 11.7 Å². The second-order valence-electron chi connectivity index (χ2n) is 6.99. The Hall–Kier alpha value is -0.120. The van der Waals surface area contributed by atoms with E-state index in [0.717, 1.165) is 19.0 Å². The zero-order valence-electron chi connectivity index (χ0n) is 11.7. The Morgan fingerprint density at radius 1 is 1.22 bits per heavy atom. The molecule has 3 heteroatoms. The van der Waals surface area contributed by atoms with E-state index in [1.54, 1.807) is 0 Å². The van der Waals surface area contributed by atoms with Gasteiger partial charge in [0.05, 0.1) is 11.7 Å². The second-order valence-corrected chi connectivity index (χ2v) is 6.99. The molecule has 2 aliphatic heterocycles. The average molecular weight is 252 g/mol. The van der Waals surface area contributed by atoms with Crippen LogP contribution in [0.15, 0.2) is 0 Å². The Labute approximate surface area is 111 Å². The number of likely N-dealkylation sites (tertiary alicyclic amines) is 1. The largest absolute Gasteiger partial charge is 0.370 e. The number of rotatable bonds is 2. The lowest BCUT2D eigenvalue weighted by molar-refractivity contribution is -0.0509. The maximum absolute atomic E-state index is 6.40. The normalized spacial score (nSPS) is 40.7. The van der Waals surface area contributed by atoms with Gasteiger partial charge in [-0.25, -0.2) is 0 Å². The molecule has 0 bridgehead atoms. The van der Waals surface area contributed by atoms with Crippen LogP contribution in [-0.2, 0) is 4.74 Å². The van der Waals surface area contributed by atoms with Gasteiger partial charge in [0.15, 0.2) is 0 Å². The zero-order valence-corrected chi connectivity index (χ0v) is 11.7. The molecule has 3 fully saturated rings. The highest BCUT2D eigenvalue weighted by Gasteiger charge is 2.42. The third-order valence-electron chi connectivity index (χ3n) is 5.08. The first-order chi connectivity index (χ1) is 8.65. The molecule has 1 aliphatic carbocycles. The Bertz CT molecular complexity index is 278. The van der Waals surface area contributed by atoms with Crippen molar-refractivity contribution >= 4 is 0 Å². The predicted molar refractivity (Wildman–Crippen MR) is 73.5 cm³/mol. The van der Waals surface area contributed by atoms with Crippen LogP contribution in [-0.4, -0.2) is 42.3 Å². The van der Waals surface area contributed by atoms with Crippen molar-refractivity contribution in [2.45, 2.75) is 69.6 Å². The average Bonchev–Trinajstić information content (AvgIpc) is 2.89. The molecule has 0 aromatic rings. The summed E-state index contributed by atoms with van der Waals surface area (Å²) < 4.78 is 6.40. The van der Waals surface area contributed by atoms with Gasteiger partial charge in [0.25, 0.3) is 0 Å². The lowest BCUT2D eigenvalue weighted by Crippen LogP contribution is -2.48.